The first kappa shape index (κ1) is 11.4. The minimum atomic E-state index is 0.834. The van der Waals surface area contributed by atoms with Crippen molar-refractivity contribution in [3.05, 3.63) is 36.1 Å². The first-order valence-electron chi connectivity index (χ1n) is 6.21. The van der Waals surface area contributed by atoms with Gasteiger partial charge in [-0.15, -0.1) is 0 Å². The number of fused-ring (bicyclic) bond motifs is 1. The average Bonchev–Trinajstić information content (AvgIpc) is 2.82. The molecule has 0 aliphatic carbocycles. The van der Waals surface area contributed by atoms with Gasteiger partial charge in [0.15, 0.2) is 0 Å². The first-order chi connectivity index (χ1) is 8.78. The topological polar surface area (TPSA) is 25.6 Å². The summed E-state index contributed by atoms with van der Waals surface area (Å²) in [5.74, 6) is 0.834. The Kier molecular flexibility index (Phi) is 2.84. The minimum absolute atomic E-state index is 0.834. The van der Waals surface area contributed by atoms with Crippen molar-refractivity contribution in [1.82, 2.24) is 4.90 Å². The van der Waals surface area contributed by atoms with Crippen LogP contribution in [0.5, 0.6) is 5.75 Å². The quantitative estimate of drug-likeness (QED) is 0.810. The molecule has 0 N–H and O–H groups in total. The second-order valence-corrected chi connectivity index (χ2v) is 4.75. The molecule has 94 valence electrons. The summed E-state index contributed by atoms with van der Waals surface area (Å²) >= 11 is 0. The average molecular weight is 243 g/mol. The monoisotopic (exact) mass is 243 g/mol. The SMILES string of the molecule is COc1ccc2c(C3=CCN(C)CC3)coc2c1. The fraction of sp³-hybridized carbons (Fsp3) is 0.333. The van der Waals surface area contributed by atoms with Crippen molar-refractivity contribution in [3.63, 3.8) is 0 Å². The van der Waals surface area contributed by atoms with E-state index in [1.807, 2.05) is 18.4 Å². The van der Waals surface area contributed by atoms with E-state index < -0.39 is 0 Å². The van der Waals surface area contributed by atoms with Gasteiger partial charge in [0, 0.05) is 30.1 Å². The molecule has 0 unspecified atom stereocenters. The van der Waals surface area contributed by atoms with E-state index in [4.69, 9.17) is 9.15 Å². The van der Waals surface area contributed by atoms with Crippen molar-refractivity contribution < 1.29 is 9.15 Å². The summed E-state index contributed by atoms with van der Waals surface area (Å²) in [4.78, 5) is 2.31. The molecule has 1 aromatic heterocycles. The fourth-order valence-corrected chi connectivity index (χ4v) is 2.40. The van der Waals surface area contributed by atoms with Gasteiger partial charge in [-0.05, 0) is 31.2 Å². The third-order valence-corrected chi connectivity index (χ3v) is 3.54. The fourth-order valence-electron chi connectivity index (χ4n) is 2.40. The van der Waals surface area contributed by atoms with Crippen molar-refractivity contribution in [2.45, 2.75) is 6.42 Å². The van der Waals surface area contributed by atoms with Gasteiger partial charge in [-0.2, -0.15) is 0 Å². The van der Waals surface area contributed by atoms with E-state index in [1.165, 1.54) is 16.5 Å². The van der Waals surface area contributed by atoms with E-state index in [9.17, 15) is 0 Å². The third-order valence-electron chi connectivity index (χ3n) is 3.54. The van der Waals surface area contributed by atoms with E-state index in [-0.39, 0.29) is 0 Å². The molecule has 3 heteroatoms. The molecule has 0 amide bonds. The maximum Gasteiger partial charge on any atom is 0.138 e. The van der Waals surface area contributed by atoms with Crippen LogP contribution < -0.4 is 4.74 Å². The molecule has 2 heterocycles. The highest BCUT2D eigenvalue weighted by Crippen LogP contribution is 2.32. The zero-order chi connectivity index (χ0) is 12.5. The van der Waals surface area contributed by atoms with Gasteiger partial charge in [0.25, 0.3) is 0 Å². The van der Waals surface area contributed by atoms with Gasteiger partial charge >= 0.3 is 0 Å². The zero-order valence-electron chi connectivity index (χ0n) is 10.8. The summed E-state index contributed by atoms with van der Waals surface area (Å²) < 4.78 is 10.8. The van der Waals surface area contributed by atoms with Crippen LogP contribution in [-0.4, -0.2) is 32.1 Å². The molecular formula is C15H17NO2. The van der Waals surface area contributed by atoms with E-state index in [1.54, 1.807) is 7.11 Å². The molecule has 0 radical (unpaired) electrons. The first-order valence-corrected chi connectivity index (χ1v) is 6.21. The molecular weight excluding hydrogens is 226 g/mol. The summed E-state index contributed by atoms with van der Waals surface area (Å²) in [5.41, 5.74) is 3.50. The van der Waals surface area contributed by atoms with Crippen LogP contribution in [0.2, 0.25) is 0 Å². The van der Waals surface area contributed by atoms with Gasteiger partial charge in [0.2, 0.25) is 0 Å². The maximum absolute atomic E-state index is 5.64. The lowest BCUT2D eigenvalue weighted by Gasteiger charge is -2.21. The van der Waals surface area contributed by atoms with Gasteiger partial charge in [-0.25, -0.2) is 0 Å². The van der Waals surface area contributed by atoms with Gasteiger partial charge in [-0.3, -0.25) is 0 Å². The molecule has 1 aromatic carbocycles. The Balaban J connectivity index is 2.03. The summed E-state index contributed by atoms with van der Waals surface area (Å²) in [6.45, 7) is 2.12. The number of furan rings is 1. The summed E-state index contributed by atoms with van der Waals surface area (Å²) in [6.07, 6.45) is 5.23. The van der Waals surface area contributed by atoms with E-state index in [2.05, 4.69) is 24.1 Å². The smallest absolute Gasteiger partial charge is 0.138 e. The predicted octanol–water partition coefficient (Wildman–Crippen LogP) is 3.16. The molecule has 0 spiro atoms. The van der Waals surface area contributed by atoms with E-state index in [0.29, 0.717) is 0 Å². The lowest BCUT2D eigenvalue weighted by Crippen LogP contribution is -2.23. The van der Waals surface area contributed by atoms with Crippen LogP contribution in [0.4, 0.5) is 0 Å². The highest BCUT2D eigenvalue weighted by atomic mass is 16.5. The second-order valence-electron chi connectivity index (χ2n) is 4.75. The number of likely N-dealkylation sites (N-methyl/N-ethyl adjacent to an activating group) is 1. The number of hydrogen-bond donors (Lipinski definition) is 0. The lowest BCUT2D eigenvalue weighted by molar-refractivity contribution is 0.370. The Hall–Kier alpha value is -1.74. The van der Waals surface area contributed by atoms with Crippen LogP contribution in [0, 0.1) is 0 Å². The Morgan fingerprint density at radius 2 is 2.22 bits per heavy atom. The van der Waals surface area contributed by atoms with Crippen molar-refractivity contribution in [2.24, 2.45) is 0 Å². The van der Waals surface area contributed by atoms with Crippen LogP contribution in [0.1, 0.15) is 12.0 Å². The standard InChI is InChI=1S/C15H17NO2/c1-16-7-5-11(6-8-16)14-10-18-15-9-12(17-2)3-4-13(14)15/h3-5,9-10H,6-8H2,1-2H3. The van der Waals surface area contributed by atoms with Crippen LogP contribution in [0.25, 0.3) is 16.5 Å². The molecule has 2 aromatic rings. The van der Waals surface area contributed by atoms with Gasteiger partial charge in [0.05, 0.1) is 13.4 Å². The molecule has 3 rings (SSSR count). The molecule has 1 aliphatic rings. The highest BCUT2D eigenvalue weighted by Gasteiger charge is 2.14. The molecule has 0 fully saturated rings. The lowest BCUT2D eigenvalue weighted by atomic mass is 9.99. The maximum atomic E-state index is 5.64. The Bertz CT molecular complexity index is 598. The van der Waals surface area contributed by atoms with Gasteiger partial charge in [0.1, 0.15) is 11.3 Å². The number of nitrogens with zero attached hydrogens (tertiary/aromatic N) is 1. The predicted molar refractivity (Wildman–Crippen MR) is 72.9 cm³/mol. The van der Waals surface area contributed by atoms with Crippen molar-refractivity contribution in [1.29, 1.82) is 0 Å². The van der Waals surface area contributed by atoms with E-state index in [0.717, 1.165) is 30.8 Å². The number of ether oxygens (including phenoxy) is 1. The molecule has 18 heavy (non-hydrogen) atoms. The largest absolute Gasteiger partial charge is 0.497 e. The summed E-state index contributed by atoms with van der Waals surface area (Å²) in [7, 11) is 3.82. The van der Waals surface area contributed by atoms with Crippen molar-refractivity contribution in [3.8, 4) is 5.75 Å². The molecule has 0 saturated heterocycles. The van der Waals surface area contributed by atoms with Gasteiger partial charge < -0.3 is 14.1 Å². The van der Waals surface area contributed by atoms with Crippen LogP contribution in [0.3, 0.4) is 0 Å². The molecule has 0 atom stereocenters. The summed E-state index contributed by atoms with van der Waals surface area (Å²) in [5, 5.41) is 1.17. The Morgan fingerprint density at radius 1 is 1.33 bits per heavy atom. The van der Waals surface area contributed by atoms with Crippen molar-refractivity contribution in [2.75, 3.05) is 27.2 Å². The minimum Gasteiger partial charge on any atom is -0.497 e. The number of methoxy groups -OCH3 is 1. The molecule has 1 aliphatic heterocycles. The summed E-state index contributed by atoms with van der Waals surface area (Å²) in [6, 6.07) is 6.00. The normalized spacial score (nSPS) is 16.9. The van der Waals surface area contributed by atoms with Crippen molar-refractivity contribution >= 4 is 16.5 Å². The Labute approximate surface area is 107 Å². The third kappa shape index (κ3) is 1.91. The number of rotatable bonds is 2. The van der Waals surface area contributed by atoms with Crippen LogP contribution in [0.15, 0.2) is 35.0 Å². The Morgan fingerprint density at radius 3 is 2.94 bits per heavy atom. The van der Waals surface area contributed by atoms with Gasteiger partial charge in [-0.1, -0.05) is 6.08 Å². The van der Waals surface area contributed by atoms with Crippen LogP contribution >= 0.6 is 0 Å². The number of benzene rings is 1. The molecule has 0 saturated carbocycles. The molecule has 0 bridgehead atoms. The van der Waals surface area contributed by atoms with Crippen LogP contribution in [-0.2, 0) is 0 Å². The molecule has 3 nitrogen and oxygen atoms in total. The number of hydrogen-bond acceptors (Lipinski definition) is 3. The highest BCUT2D eigenvalue weighted by molar-refractivity contribution is 5.92. The second kappa shape index (κ2) is 4.50. The zero-order valence-corrected chi connectivity index (χ0v) is 10.8. The van der Waals surface area contributed by atoms with E-state index >= 15 is 0 Å².